The maximum absolute atomic E-state index is 12.0. The quantitative estimate of drug-likeness (QED) is 0.561. The molecule has 3 nitrogen and oxygen atoms in total. The molecule has 1 amide bonds. The Bertz CT molecular complexity index is 606. The first kappa shape index (κ1) is 13.8. The van der Waals surface area contributed by atoms with Crippen LogP contribution in [0.15, 0.2) is 41.0 Å². The summed E-state index contributed by atoms with van der Waals surface area (Å²) in [6, 6.07) is 8.85. The highest BCUT2D eigenvalue weighted by Gasteiger charge is 2.09. The van der Waals surface area contributed by atoms with Crippen molar-refractivity contribution in [2.24, 2.45) is 0 Å². The lowest BCUT2D eigenvalue weighted by Gasteiger charge is -2.08. The minimum atomic E-state index is -0.220. The molecule has 0 atom stereocenters. The van der Waals surface area contributed by atoms with Gasteiger partial charge in [0.1, 0.15) is 5.15 Å². The topological polar surface area (TPSA) is 42.0 Å². The van der Waals surface area contributed by atoms with Gasteiger partial charge in [-0.05, 0) is 68.9 Å². The lowest BCUT2D eigenvalue weighted by atomic mass is 10.2. The van der Waals surface area contributed by atoms with Gasteiger partial charge in [0.15, 0.2) is 0 Å². The van der Waals surface area contributed by atoms with Crippen molar-refractivity contribution in [1.29, 1.82) is 0 Å². The molecule has 0 aliphatic carbocycles. The number of benzene rings is 1. The first-order chi connectivity index (χ1) is 8.56. The number of carbonyl (C=O) groups is 1. The average Bonchev–Trinajstić information content (AvgIpc) is 2.34. The molecule has 0 saturated heterocycles. The number of halogens is 3. The van der Waals surface area contributed by atoms with Crippen LogP contribution < -0.4 is 5.32 Å². The first-order valence-corrected chi connectivity index (χ1v) is 7.19. The van der Waals surface area contributed by atoms with Crippen LogP contribution in [-0.4, -0.2) is 10.9 Å². The van der Waals surface area contributed by atoms with Crippen molar-refractivity contribution in [2.45, 2.75) is 0 Å². The third kappa shape index (κ3) is 3.43. The summed E-state index contributed by atoms with van der Waals surface area (Å²) in [5, 5.41) is 3.11. The van der Waals surface area contributed by atoms with Crippen LogP contribution in [0.5, 0.6) is 0 Å². The van der Waals surface area contributed by atoms with Gasteiger partial charge in [0.25, 0.3) is 5.91 Å². The normalized spacial score (nSPS) is 10.2. The van der Waals surface area contributed by atoms with Gasteiger partial charge in [-0.1, -0.05) is 11.6 Å². The Labute approximate surface area is 131 Å². The fraction of sp³-hybridized carbons (Fsp3) is 0. The van der Waals surface area contributed by atoms with E-state index in [2.05, 4.69) is 48.8 Å². The SMILES string of the molecule is O=C(Nc1cc(I)ccc1Br)c1ccnc(Cl)c1. The number of carbonyl (C=O) groups excluding carboxylic acids is 1. The summed E-state index contributed by atoms with van der Waals surface area (Å²) in [4.78, 5) is 15.8. The zero-order valence-electron chi connectivity index (χ0n) is 8.95. The van der Waals surface area contributed by atoms with Crippen molar-refractivity contribution in [3.63, 3.8) is 0 Å². The minimum Gasteiger partial charge on any atom is -0.321 e. The number of pyridine rings is 1. The zero-order valence-corrected chi connectivity index (χ0v) is 13.5. The van der Waals surface area contributed by atoms with E-state index in [4.69, 9.17) is 11.6 Å². The van der Waals surface area contributed by atoms with E-state index in [1.807, 2.05) is 18.2 Å². The van der Waals surface area contributed by atoms with Crippen molar-refractivity contribution in [3.05, 3.63) is 55.3 Å². The third-order valence-electron chi connectivity index (χ3n) is 2.17. The van der Waals surface area contributed by atoms with Crippen molar-refractivity contribution in [1.82, 2.24) is 4.98 Å². The first-order valence-electron chi connectivity index (χ1n) is 4.94. The molecule has 0 aliphatic heterocycles. The van der Waals surface area contributed by atoms with Gasteiger partial charge < -0.3 is 5.32 Å². The van der Waals surface area contributed by atoms with Crippen molar-refractivity contribution >= 4 is 61.7 Å². The van der Waals surface area contributed by atoms with E-state index in [-0.39, 0.29) is 5.91 Å². The maximum atomic E-state index is 12.0. The van der Waals surface area contributed by atoms with Gasteiger partial charge in [0.05, 0.1) is 5.69 Å². The third-order valence-corrected chi connectivity index (χ3v) is 3.73. The zero-order chi connectivity index (χ0) is 13.1. The van der Waals surface area contributed by atoms with Crippen LogP contribution in [0.3, 0.4) is 0 Å². The standard InChI is InChI=1S/C12H7BrClIN2O/c13-9-2-1-8(15)6-10(9)17-12(18)7-3-4-16-11(14)5-7/h1-6H,(H,17,18). The molecule has 2 rings (SSSR count). The molecule has 0 radical (unpaired) electrons. The number of amides is 1. The van der Waals surface area contributed by atoms with Gasteiger partial charge in [-0.25, -0.2) is 4.98 Å². The summed E-state index contributed by atoms with van der Waals surface area (Å²) in [5.41, 5.74) is 1.19. The molecule has 0 spiro atoms. The van der Waals surface area contributed by atoms with Gasteiger partial charge in [-0.3, -0.25) is 4.79 Å². The van der Waals surface area contributed by atoms with Gasteiger partial charge in [-0.15, -0.1) is 0 Å². The highest BCUT2D eigenvalue weighted by molar-refractivity contribution is 14.1. The molecule has 0 fully saturated rings. The number of nitrogens with zero attached hydrogens (tertiary/aromatic N) is 1. The highest BCUT2D eigenvalue weighted by atomic mass is 127. The molecule has 18 heavy (non-hydrogen) atoms. The molecule has 0 saturated carbocycles. The summed E-state index contributed by atoms with van der Waals surface area (Å²) < 4.78 is 1.87. The molecule has 92 valence electrons. The second-order valence-electron chi connectivity index (χ2n) is 3.45. The predicted octanol–water partition coefficient (Wildman–Crippen LogP) is 4.35. The Morgan fingerprint density at radius 1 is 1.33 bits per heavy atom. The van der Waals surface area contributed by atoms with Crippen LogP contribution in [0.25, 0.3) is 0 Å². The number of nitrogens with one attached hydrogen (secondary N) is 1. The molecule has 0 aliphatic rings. The van der Waals surface area contributed by atoms with Crippen LogP contribution in [0.4, 0.5) is 5.69 Å². The van der Waals surface area contributed by atoms with Crippen LogP contribution in [0.2, 0.25) is 5.15 Å². The van der Waals surface area contributed by atoms with E-state index in [1.165, 1.54) is 12.3 Å². The summed E-state index contributed by atoms with van der Waals surface area (Å²) in [7, 11) is 0. The number of rotatable bonds is 2. The Hall–Kier alpha value is -0.660. The van der Waals surface area contributed by atoms with Gasteiger partial charge in [0.2, 0.25) is 0 Å². The molecular weight excluding hydrogens is 430 g/mol. The van der Waals surface area contributed by atoms with E-state index >= 15 is 0 Å². The van der Waals surface area contributed by atoms with E-state index in [0.29, 0.717) is 10.7 Å². The molecule has 0 unspecified atom stereocenters. The van der Waals surface area contributed by atoms with Crippen molar-refractivity contribution in [3.8, 4) is 0 Å². The minimum absolute atomic E-state index is 0.220. The molecule has 1 heterocycles. The summed E-state index contributed by atoms with van der Waals surface area (Å²) in [6.07, 6.45) is 1.50. The van der Waals surface area contributed by atoms with E-state index in [9.17, 15) is 4.79 Å². The molecule has 1 aromatic heterocycles. The summed E-state index contributed by atoms with van der Waals surface area (Å²) in [5.74, 6) is -0.220. The molecule has 0 bridgehead atoms. The molecule has 6 heteroatoms. The Kier molecular flexibility index (Phi) is 4.58. The second kappa shape index (κ2) is 5.99. The molecule has 2 aromatic rings. The van der Waals surface area contributed by atoms with E-state index < -0.39 is 0 Å². The predicted molar refractivity (Wildman–Crippen MR) is 84.1 cm³/mol. The smallest absolute Gasteiger partial charge is 0.255 e. The van der Waals surface area contributed by atoms with Gasteiger partial charge in [0, 0.05) is 19.8 Å². The molecule has 1 aromatic carbocycles. The average molecular weight is 437 g/mol. The number of hydrogen-bond acceptors (Lipinski definition) is 2. The second-order valence-corrected chi connectivity index (χ2v) is 5.93. The maximum Gasteiger partial charge on any atom is 0.255 e. The van der Waals surface area contributed by atoms with Crippen molar-refractivity contribution in [2.75, 3.05) is 5.32 Å². The summed E-state index contributed by atoms with van der Waals surface area (Å²) in [6.45, 7) is 0. The number of anilines is 1. The Morgan fingerprint density at radius 3 is 2.83 bits per heavy atom. The van der Waals surface area contributed by atoms with Gasteiger partial charge in [-0.2, -0.15) is 0 Å². The number of hydrogen-bond donors (Lipinski definition) is 1. The molecular formula is C12H7BrClIN2O. The highest BCUT2D eigenvalue weighted by Crippen LogP contribution is 2.25. The fourth-order valence-corrected chi connectivity index (χ4v) is 2.34. The molecule has 1 N–H and O–H groups in total. The van der Waals surface area contributed by atoms with Crippen LogP contribution in [-0.2, 0) is 0 Å². The van der Waals surface area contributed by atoms with Crippen molar-refractivity contribution < 1.29 is 4.79 Å². The van der Waals surface area contributed by atoms with Crippen LogP contribution >= 0.6 is 50.1 Å². The lowest BCUT2D eigenvalue weighted by molar-refractivity contribution is 0.102. The number of aromatic nitrogens is 1. The van der Waals surface area contributed by atoms with E-state index in [1.54, 1.807) is 6.07 Å². The summed E-state index contributed by atoms with van der Waals surface area (Å²) >= 11 is 11.3. The monoisotopic (exact) mass is 436 g/mol. The van der Waals surface area contributed by atoms with E-state index in [0.717, 1.165) is 13.7 Å². The largest absolute Gasteiger partial charge is 0.321 e. The van der Waals surface area contributed by atoms with Crippen LogP contribution in [0, 0.1) is 3.57 Å². The van der Waals surface area contributed by atoms with Gasteiger partial charge >= 0.3 is 0 Å². The van der Waals surface area contributed by atoms with Crippen LogP contribution in [0.1, 0.15) is 10.4 Å². The fourth-order valence-electron chi connectivity index (χ4n) is 1.33. The lowest BCUT2D eigenvalue weighted by Crippen LogP contribution is -2.12. The Balaban J connectivity index is 2.24. The Morgan fingerprint density at radius 2 is 2.11 bits per heavy atom.